The molecule has 1 aliphatic rings. The van der Waals surface area contributed by atoms with Gasteiger partial charge in [-0.1, -0.05) is 30.3 Å². The van der Waals surface area contributed by atoms with E-state index in [4.69, 9.17) is 0 Å². The van der Waals surface area contributed by atoms with Crippen molar-refractivity contribution in [2.75, 3.05) is 18.0 Å². The first-order valence-corrected chi connectivity index (χ1v) is 7.72. The lowest BCUT2D eigenvalue weighted by Gasteiger charge is -2.16. The summed E-state index contributed by atoms with van der Waals surface area (Å²) < 4.78 is 12.8. The van der Waals surface area contributed by atoms with E-state index in [2.05, 4.69) is 5.32 Å². The van der Waals surface area contributed by atoms with E-state index in [0.29, 0.717) is 5.69 Å². The molecule has 25 heavy (non-hydrogen) atoms. The molecule has 0 aromatic heterocycles. The number of anilines is 1. The second-order valence-corrected chi connectivity index (χ2v) is 5.59. The molecule has 1 saturated heterocycles. The quantitative estimate of drug-likeness (QED) is 0.845. The minimum absolute atomic E-state index is 0.0892. The van der Waals surface area contributed by atoms with Gasteiger partial charge in [0.2, 0.25) is 5.91 Å². The molecule has 2 aromatic rings. The van der Waals surface area contributed by atoms with Crippen LogP contribution in [0.5, 0.6) is 0 Å². The van der Waals surface area contributed by atoms with E-state index in [9.17, 15) is 18.8 Å². The molecule has 2 aromatic carbocycles. The molecule has 0 radical (unpaired) electrons. The lowest BCUT2D eigenvalue weighted by molar-refractivity contribution is -0.130. The van der Waals surface area contributed by atoms with Gasteiger partial charge in [0.05, 0.1) is 0 Å². The summed E-state index contributed by atoms with van der Waals surface area (Å²) in [5.74, 6) is -1.24. The zero-order chi connectivity index (χ0) is 17.8. The first-order chi connectivity index (χ1) is 12.0. The van der Waals surface area contributed by atoms with E-state index >= 15 is 0 Å². The van der Waals surface area contributed by atoms with Gasteiger partial charge in [0.25, 0.3) is 5.91 Å². The predicted octanol–water partition coefficient (Wildman–Crippen LogP) is 1.91. The van der Waals surface area contributed by atoms with Crippen molar-refractivity contribution in [3.05, 3.63) is 66.0 Å². The molecule has 0 spiro atoms. The maximum absolute atomic E-state index is 12.8. The Bertz CT molecular complexity index is 793. The summed E-state index contributed by atoms with van der Waals surface area (Å²) >= 11 is 0. The van der Waals surface area contributed by atoms with Crippen molar-refractivity contribution in [3.8, 4) is 0 Å². The summed E-state index contributed by atoms with van der Waals surface area (Å²) in [5, 5.41) is 2.62. The Morgan fingerprint density at radius 3 is 2.40 bits per heavy atom. The first kappa shape index (κ1) is 16.6. The summed E-state index contributed by atoms with van der Waals surface area (Å²) in [4.78, 5) is 38.7. The smallest absolute Gasteiger partial charge is 0.332 e. The zero-order valence-electron chi connectivity index (χ0n) is 13.3. The Balaban J connectivity index is 1.58. The van der Waals surface area contributed by atoms with Gasteiger partial charge >= 0.3 is 6.03 Å². The van der Waals surface area contributed by atoms with Gasteiger partial charge in [-0.3, -0.25) is 19.4 Å². The van der Waals surface area contributed by atoms with Gasteiger partial charge in [-0.15, -0.1) is 0 Å². The van der Waals surface area contributed by atoms with Crippen LogP contribution in [0.4, 0.5) is 14.9 Å². The average molecular weight is 341 g/mol. The van der Waals surface area contributed by atoms with Crippen molar-refractivity contribution in [2.24, 2.45) is 0 Å². The Morgan fingerprint density at radius 2 is 1.72 bits per heavy atom. The van der Waals surface area contributed by atoms with Crippen molar-refractivity contribution in [2.45, 2.75) is 6.54 Å². The highest BCUT2D eigenvalue weighted by molar-refractivity contribution is 6.13. The van der Waals surface area contributed by atoms with Crippen molar-refractivity contribution < 1.29 is 18.8 Å². The highest BCUT2D eigenvalue weighted by Crippen LogP contribution is 2.20. The molecule has 1 N–H and O–H groups in total. The largest absolute Gasteiger partial charge is 0.350 e. The Hall–Kier alpha value is -3.22. The van der Waals surface area contributed by atoms with Crippen molar-refractivity contribution in [3.63, 3.8) is 0 Å². The molecule has 1 fully saturated rings. The van der Waals surface area contributed by atoms with Crippen LogP contribution in [0.1, 0.15) is 5.56 Å². The molecule has 0 bridgehead atoms. The zero-order valence-corrected chi connectivity index (χ0v) is 13.3. The van der Waals surface area contributed by atoms with Crippen LogP contribution in [-0.4, -0.2) is 35.8 Å². The molecule has 1 aliphatic heterocycles. The Morgan fingerprint density at radius 1 is 1.04 bits per heavy atom. The van der Waals surface area contributed by atoms with Crippen molar-refractivity contribution in [1.82, 2.24) is 10.2 Å². The molecular weight excluding hydrogens is 325 g/mol. The van der Waals surface area contributed by atoms with Crippen LogP contribution in [0.25, 0.3) is 0 Å². The Labute approximate surface area is 143 Å². The number of hydrogen-bond donors (Lipinski definition) is 1. The number of nitrogens with zero attached hydrogens (tertiary/aromatic N) is 2. The number of para-hydroxylation sites is 1. The summed E-state index contributed by atoms with van der Waals surface area (Å²) in [6.45, 7) is -0.242. The lowest BCUT2D eigenvalue weighted by Crippen LogP contribution is -2.41. The molecular formula is C18H16FN3O3. The fourth-order valence-corrected chi connectivity index (χ4v) is 2.51. The third-order valence-corrected chi connectivity index (χ3v) is 3.83. The molecule has 3 rings (SSSR count). The first-order valence-electron chi connectivity index (χ1n) is 7.72. The van der Waals surface area contributed by atoms with Gasteiger partial charge < -0.3 is 5.32 Å². The third-order valence-electron chi connectivity index (χ3n) is 3.83. The van der Waals surface area contributed by atoms with E-state index in [0.717, 1.165) is 10.5 Å². The molecule has 0 aliphatic carbocycles. The van der Waals surface area contributed by atoms with E-state index in [1.165, 1.54) is 17.0 Å². The van der Waals surface area contributed by atoms with Crippen LogP contribution in [-0.2, 0) is 16.1 Å². The van der Waals surface area contributed by atoms with Gasteiger partial charge in [0.1, 0.15) is 18.9 Å². The third kappa shape index (κ3) is 3.82. The summed E-state index contributed by atoms with van der Waals surface area (Å²) in [6, 6.07) is 14.0. The van der Waals surface area contributed by atoms with Crippen LogP contribution in [0, 0.1) is 5.82 Å². The molecule has 6 nitrogen and oxygen atoms in total. The number of amides is 4. The SMILES string of the molecule is O=C(CN1C(=O)CN(c2ccccc2)C1=O)NCc1ccc(F)cc1. The molecule has 0 unspecified atom stereocenters. The van der Waals surface area contributed by atoms with E-state index in [-0.39, 0.29) is 25.5 Å². The second-order valence-electron chi connectivity index (χ2n) is 5.59. The number of imide groups is 1. The molecule has 0 atom stereocenters. The van der Waals surface area contributed by atoms with E-state index in [1.54, 1.807) is 36.4 Å². The summed E-state index contributed by atoms with van der Waals surface area (Å²) in [6.07, 6.45) is 0. The molecule has 0 saturated carbocycles. The number of carbonyl (C=O) groups is 3. The van der Waals surface area contributed by atoms with Crippen molar-refractivity contribution >= 4 is 23.5 Å². The van der Waals surface area contributed by atoms with Gasteiger partial charge in [-0.05, 0) is 29.8 Å². The van der Waals surface area contributed by atoms with Gasteiger partial charge in [-0.2, -0.15) is 0 Å². The fraction of sp³-hybridized carbons (Fsp3) is 0.167. The second kappa shape index (κ2) is 7.12. The van der Waals surface area contributed by atoms with Gasteiger partial charge in [-0.25, -0.2) is 9.18 Å². The molecule has 7 heteroatoms. The topological polar surface area (TPSA) is 69.7 Å². The van der Waals surface area contributed by atoms with Crippen LogP contribution < -0.4 is 10.2 Å². The van der Waals surface area contributed by atoms with Gasteiger partial charge in [0.15, 0.2) is 0 Å². The number of benzene rings is 2. The van der Waals surface area contributed by atoms with Crippen LogP contribution in [0.15, 0.2) is 54.6 Å². The number of nitrogens with one attached hydrogen (secondary N) is 1. The highest BCUT2D eigenvalue weighted by atomic mass is 19.1. The standard InChI is InChI=1S/C18H16FN3O3/c19-14-8-6-13(7-9-14)10-20-16(23)11-22-17(24)12-21(18(22)25)15-4-2-1-3-5-15/h1-9H,10-12H2,(H,20,23). The van der Waals surface area contributed by atoms with E-state index in [1.807, 2.05) is 6.07 Å². The molecule has 4 amide bonds. The van der Waals surface area contributed by atoms with Gasteiger partial charge in [0, 0.05) is 12.2 Å². The average Bonchev–Trinajstić information content (AvgIpc) is 2.90. The van der Waals surface area contributed by atoms with Crippen molar-refractivity contribution in [1.29, 1.82) is 0 Å². The minimum Gasteiger partial charge on any atom is -0.350 e. The highest BCUT2D eigenvalue weighted by Gasteiger charge is 2.37. The number of halogens is 1. The summed E-state index contributed by atoms with van der Waals surface area (Å²) in [7, 11) is 0. The number of rotatable bonds is 5. The maximum Gasteiger partial charge on any atom is 0.332 e. The van der Waals surface area contributed by atoms with E-state index < -0.39 is 17.8 Å². The molecule has 128 valence electrons. The minimum atomic E-state index is -0.520. The molecule has 1 heterocycles. The monoisotopic (exact) mass is 341 g/mol. The lowest BCUT2D eigenvalue weighted by atomic mass is 10.2. The number of urea groups is 1. The number of carbonyl (C=O) groups excluding carboxylic acids is 3. The van der Waals surface area contributed by atoms with Crippen LogP contribution >= 0.6 is 0 Å². The summed E-state index contributed by atoms with van der Waals surface area (Å²) in [5.41, 5.74) is 1.33. The maximum atomic E-state index is 12.8. The fourth-order valence-electron chi connectivity index (χ4n) is 2.51. The normalized spacial score (nSPS) is 14.1. The predicted molar refractivity (Wildman–Crippen MR) is 89.1 cm³/mol. The Kier molecular flexibility index (Phi) is 4.74. The van der Waals surface area contributed by atoms with Crippen LogP contribution in [0.3, 0.4) is 0 Å². The van der Waals surface area contributed by atoms with Crippen LogP contribution in [0.2, 0.25) is 0 Å². The number of hydrogen-bond acceptors (Lipinski definition) is 3.